The van der Waals surface area contributed by atoms with Crippen molar-refractivity contribution in [3.63, 3.8) is 0 Å². The number of hydrogen-bond acceptors (Lipinski definition) is 2. The number of benzene rings is 1. The van der Waals surface area contributed by atoms with Gasteiger partial charge in [-0.3, -0.25) is 9.59 Å². The first-order valence-electron chi connectivity index (χ1n) is 7.96. The number of unbranched alkanes of at least 4 members (excludes halogenated alkanes) is 3. The molecule has 1 rings (SSSR count). The third kappa shape index (κ3) is 4.86. The summed E-state index contributed by atoms with van der Waals surface area (Å²) in [6.07, 6.45) is 5.51. The number of carboxylic acid groups (broad SMARTS) is 2. The standard InChI is InChI=1S/C18H26O4/c1-4-5-6-7-8-14-9-10-15(12(2)17(19)20)16(11-14)13(3)18(21)22/h9-13H,4-8H2,1-3H3,(H,19,20)(H,21,22). The van der Waals surface area contributed by atoms with E-state index < -0.39 is 23.8 Å². The zero-order chi connectivity index (χ0) is 16.7. The van der Waals surface area contributed by atoms with Crippen LogP contribution in [-0.2, 0) is 16.0 Å². The lowest BCUT2D eigenvalue weighted by Gasteiger charge is -2.18. The summed E-state index contributed by atoms with van der Waals surface area (Å²) in [6.45, 7) is 5.36. The van der Waals surface area contributed by atoms with E-state index in [0.717, 1.165) is 24.8 Å². The van der Waals surface area contributed by atoms with Crippen LogP contribution in [0.25, 0.3) is 0 Å². The highest BCUT2D eigenvalue weighted by Gasteiger charge is 2.23. The molecule has 0 spiro atoms. The van der Waals surface area contributed by atoms with Gasteiger partial charge in [0.15, 0.2) is 0 Å². The summed E-state index contributed by atoms with van der Waals surface area (Å²) in [6, 6.07) is 5.58. The van der Waals surface area contributed by atoms with E-state index in [9.17, 15) is 19.8 Å². The maximum atomic E-state index is 11.3. The molecule has 2 N–H and O–H groups in total. The Morgan fingerprint density at radius 1 is 0.955 bits per heavy atom. The zero-order valence-corrected chi connectivity index (χ0v) is 13.6. The van der Waals surface area contributed by atoms with E-state index in [1.54, 1.807) is 19.9 Å². The van der Waals surface area contributed by atoms with Crippen LogP contribution in [0, 0.1) is 0 Å². The lowest BCUT2D eigenvalue weighted by molar-refractivity contribution is -0.140. The van der Waals surface area contributed by atoms with E-state index in [-0.39, 0.29) is 0 Å². The SMILES string of the molecule is CCCCCCc1ccc(C(C)C(=O)O)c(C(C)C(=O)O)c1. The van der Waals surface area contributed by atoms with Gasteiger partial charge in [0.25, 0.3) is 0 Å². The first-order valence-corrected chi connectivity index (χ1v) is 7.96. The van der Waals surface area contributed by atoms with Gasteiger partial charge in [-0.1, -0.05) is 44.4 Å². The molecule has 22 heavy (non-hydrogen) atoms. The second-order valence-electron chi connectivity index (χ2n) is 5.89. The minimum Gasteiger partial charge on any atom is -0.481 e. The molecule has 0 saturated carbocycles. The van der Waals surface area contributed by atoms with E-state index in [4.69, 9.17) is 0 Å². The van der Waals surface area contributed by atoms with Crippen LogP contribution in [0.2, 0.25) is 0 Å². The highest BCUT2D eigenvalue weighted by Crippen LogP contribution is 2.28. The molecule has 0 bridgehead atoms. The van der Waals surface area contributed by atoms with Crippen molar-refractivity contribution < 1.29 is 19.8 Å². The van der Waals surface area contributed by atoms with Crippen LogP contribution in [0.4, 0.5) is 0 Å². The van der Waals surface area contributed by atoms with E-state index in [0.29, 0.717) is 11.1 Å². The van der Waals surface area contributed by atoms with E-state index in [2.05, 4.69) is 6.92 Å². The number of aryl methyl sites for hydroxylation is 1. The smallest absolute Gasteiger partial charge is 0.310 e. The summed E-state index contributed by atoms with van der Waals surface area (Å²) in [5.74, 6) is -3.27. The topological polar surface area (TPSA) is 74.6 Å². The highest BCUT2D eigenvalue weighted by molar-refractivity contribution is 5.80. The number of rotatable bonds is 9. The molecular weight excluding hydrogens is 280 g/mol. The molecule has 0 fully saturated rings. The fraction of sp³-hybridized carbons (Fsp3) is 0.556. The average molecular weight is 306 g/mol. The van der Waals surface area contributed by atoms with Crippen molar-refractivity contribution in [2.75, 3.05) is 0 Å². The van der Waals surface area contributed by atoms with Crippen LogP contribution in [0.1, 0.15) is 75.0 Å². The van der Waals surface area contributed by atoms with Crippen molar-refractivity contribution >= 4 is 11.9 Å². The van der Waals surface area contributed by atoms with E-state index in [1.807, 2.05) is 12.1 Å². The van der Waals surface area contributed by atoms with Crippen molar-refractivity contribution in [2.45, 2.75) is 64.7 Å². The molecule has 122 valence electrons. The third-order valence-electron chi connectivity index (χ3n) is 4.14. The summed E-state index contributed by atoms with van der Waals surface area (Å²) in [4.78, 5) is 22.5. The molecule has 0 aliphatic heterocycles. The van der Waals surface area contributed by atoms with Crippen LogP contribution in [0.15, 0.2) is 18.2 Å². The lowest BCUT2D eigenvalue weighted by Crippen LogP contribution is -2.15. The number of hydrogen-bond donors (Lipinski definition) is 2. The highest BCUT2D eigenvalue weighted by atomic mass is 16.4. The molecule has 2 unspecified atom stereocenters. The Bertz CT molecular complexity index is 522. The number of carboxylic acids is 2. The normalized spacial score (nSPS) is 13.6. The molecule has 0 aliphatic rings. The lowest BCUT2D eigenvalue weighted by atomic mass is 9.87. The van der Waals surface area contributed by atoms with Gasteiger partial charge in [0, 0.05) is 0 Å². The molecule has 0 aliphatic carbocycles. The molecule has 1 aromatic carbocycles. The Balaban J connectivity index is 3.03. The van der Waals surface area contributed by atoms with Crippen LogP contribution < -0.4 is 0 Å². The Labute approximate surface area is 132 Å². The molecule has 0 radical (unpaired) electrons. The molecular formula is C18H26O4. The predicted octanol–water partition coefficient (Wildman–Crippen LogP) is 4.19. The van der Waals surface area contributed by atoms with Crippen molar-refractivity contribution in [2.24, 2.45) is 0 Å². The zero-order valence-electron chi connectivity index (χ0n) is 13.6. The summed E-state index contributed by atoms with van der Waals surface area (Å²) >= 11 is 0. The van der Waals surface area contributed by atoms with Gasteiger partial charge in [-0.2, -0.15) is 0 Å². The second-order valence-corrected chi connectivity index (χ2v) is 5.89. The van der Waals surface area contributed by atoms with Crippen molar-refractivity contribution in [3.05, 3.63) is 34.9 Å². The van der Waals surface area contributed by atoms with Crippen molar-refractivity contribution in [1.29, 1.82) is 0 Å². The molecule has 1 aromatic rings. The van der Waals surface area contributed by atoms with Crippen molar-refractivity contribution in [3.8, 4) is 0 Å². The Morgan fingerprint density at radius 2 is 1.55 bits per heavy atom. The monoisotopic (exact) mass is 306 g/mol. The number of aliphatic carboxylic acids is 2. The fourth-order valence-electron chi connectivity index (χ4n) is 2.57. The molecule has 0 heterocycles. The Morgan fingerprint density at radius 3 is 2.09 bits per heavy atom. The van der Waals surface area contributed by atoms with E-state index >= 15 is 0 Å². The second kappa shape index (κ2) is 8.57. The van der Waals surface area contributed by atoms with Gasteiger partial charge >= 0.3 is 11.9 Å². The van der Waals surface area contributed by atoms with Crippen LogP contribution in [-0.4, -0.2) is 22.2 Å². The van der Waals surface area contributed by atoms with E-state index in [1.165, 1.54) is 12.8 Å². The average Bonchev–Trinajstić information content (AvgIpc) is 2.49. The minimum absolute atomic E-state index is 0.597. The summed E-state index contributed by atoms with van der Waals surface area (Å²) in [7, 11) is 0. The quantitative estimate of drug-likeness (QED) is 0.671. The third-order valence-corrected chi connectivity index (χ3v) is 4.14. The molecule has 0 aromatic heterocycles. The van der Waals surface area contributed by atoms with Crippen LogP contribution >= 0.6 is 0 Å². The first kappa shape index (κ1) is 18.2. The van der Waals surface area contributed by atoms with Gasteiger partial charge in [0.1, 0.15) is 0 Å². The Hall–Kier alpha value is -1.84. The summed E-state index contributed by atoms with van der Waals surface area (Å²) in [5, 5.41) is 18.5. The molecule has 0 saturated heterocycles. The predicted molar refractivity (Wildman–Crippen MR) is 86.4 cm³/mol. The fourth-order valence-corrected chi connectivity index (χ4v) is 2.57. The Kier molecular flexibility index (Phi) is 7.09. The minimum atomic E-state index is -0.936. The van der Waals surface area contributed by atoms with Gasteiger partial charge in [-0.25, -0.2) is 0 Å². The maximum absolute atomic E-state index is 11.3. The number of carbonyl (C=O) groups is 2. The first-order chi connectivity index (χ1) is 10.4. The summed E-state index contributed by atoms with van der Waals surface area (Å²) in [5.41, 5.74) is 2.30. The molecule has 2 atom stereocenters. The molecule has 0 amide bonds. The van der Waals surface area contributed by atoms with Gasteiger partial charge < -0.3 is 10.2 Å². The van der Waals surface area contributed by atoms with Crippen molar-refractivity contribution in [1.82, 2.24) is 0 Å². The van der Waals surface area contributed by atoms with Gasteiger partial charge in [-0.05, 0) is 43.4 Å². The van der Waals surface area contributed by atoms with Crippen LogP contribution in [0.5, 0.6) is 0 Å². The largest absolute Gasteiger partial charge is 0.481 e. The van der Waals surface area contributed by atoms with Gasteiger partial charge in [0.05, 0.1) is 11.8 Å². The summed E-state index contributed by atoms with van der Waals surface area (Å²) < 4.78 is 0. The molecule has 4 heteroatoms. The van der Waals surface area contributed by atoms with Gasteiger partial charge in [0.2, 0.25) is 0 Å². The van der Waals surface area contributed by atoms with Crippen LogP contribution in [0.3, 0.4) is 0 Å². The van der Waals surface area contributed by atoms with Gasteiger partial charge in [-0.15, -0.1) is 0 Å². The molecule has 4 nitrogen and oxygen atoms in total. The maximum Gasteiger partial charge on any atom is 0.310 e.